The lowest BCUT2D eigenvalue weighted by atomic mass is 9.95. The van der Waals surface area contributed by atoms with Crippen LogP contribution in [0, 0.1) is 20.8 Å². The van der Waals surface area contributed by atoms with Gasteiger partial charge in [0, 0.05) is 57.3 Å². The van der Waals surface area contributed by atoms with E-state index in [4.69, 9.17) is 11.5 Å². The molecular weight excluding hydrogens is 633 g/mol. The Bertz CT molecular complexity index is 2490. The number of hydrogen-bond donors (Lipinski definition) is 2. The van der Waals surface area contributed by atoms with Crippen LogP contribution in [0.5, 0.6) is 0 Å². The van der Waals surface area contributed by atoms with Gasteiger partial charge in [-0.1, -0.05) is 93.6 Å². The molecule has 4 heteroatoms. The molecule has 0 saturated carbocycles. The average Bonchev–Trinajstić information content (AvgIpc) is 3.36. The Hall–Kier alpha value is -6.52. The highest BCUT2D eigenvalue weighted by atomic mass is 15.1. The van der Waals surface area contributed by atoms with Gasteiger partial charge >= 0.3 is 0 Å². The van der Waals surface area contributed by atoms with Crippen LogP contribution < -0.4 is 27.1 Å². The summed E-state index contributed by atoms with van der Waals surface area (Å²) >= 11 is 0. The number of aryl methyl sites for hydroxylation is 2. The highest BCUT2D eigenvalue weighted by Crippen LogP contribution is 2.34. The van der Waals surface area contributed by atoms with Crippen molar-refractivity contribution in [1.29, 1.82) is 0 Å². The molecule has 6 aromatic rings. The molecule has 0 aliphatic carbocycles. The zero-order valence-corrected chi connectivity index (χ0v) is 30.6. The summed E-state index contributed by atoms with van der Waals surface area (Å²) in [6.45, 7) is 28.0. The van der Waals surface area contributed by atoms with Crippen LogP contribution in [0.3, 0.4) is 0 Å². The molecule has 1 aromatic heterocycles. The number of rotatable bonds is 10. The van der Waals surface area contributed by atoms with Crippen molar-refractivity contribution in [3.63, 3.8) is 0 Å². The molecule has 0 aliphatic rings. The van der Waals surface area contributed by atoms with Crippen LogP contribution in [-0.2, 0) is 0 Å². The zero-order valence-electron chi connectivity index (χ0n) is 30.6. The fourth-order valence-electron chi connectivity index (χ4n) is 6.85. The normalized spacial score (nSPS) is 11.3. The van der Waals surface area contributed by atoms with Crippen LogP contribution in [0.15, 0.2) is 129 Å². The fraction of sp³-hybridized carbons (Fsp3) is 0.0833. The van der Waals surface area contributed by atoms with Gasteiger partial charge in [-0.3, -0.25) is 0 Å². The second kappa shape index (κ2) is 14.4. The van der Waals surface area contributed by atoms with Crippen LogP contribution in [0.1, 0.15) is 38.9 Å². The van der Waals surface area contributed by atoms with Gasteiger partial charge in [0.15, 0.2) is 0 Å². The molecule has 52 heavy (non-hydrogen) atoms. The van der Waals surface area contributed by atoms with Crippen molar-refractivity contribution in [3.05, 3.63) is 179 Å². The molecule has 0 unspecified atom stereocenters. The monoisotopic (exact) mass is 678 g/mol. The predicted octanol–water partition coefficient (Wildman–Crippen LogP) is 10.2. The third kappa shape index (κ3) is 6.67. The predicted molar refractivity (Wildman–Crippen MR) is 228 cm³/mol. The molecule has 0 spiro atoms. The third-order valence-corrected chi connectivity index (χ3v) is 10.0. The van der Waals surface area contributed by atoms with Crippen molar-refractivity contribution in [2.75, 3.05) is 23.4 Å². The van der Waals surface area contributed by atoms with E-state index < -0.39 is 0 Å². The van der Waals surface area contributed by atoms with Gasteiger partial charge in [-0.25, -0.2) is 0 Å². The average molecular weight is 679 g/mol. The summed E-state index contributed by atoms with van der Waals surface area (Å²) in [7, 11) is 2.06. The van der Waals surface area contributed by atoms with Crippen LogP contribution in [0.2, 0.25) is 0 Å². The first-order chi connectivity index (χ1) is 24.9. The Morgan fingerprint density at radius 1 is 0.692 bits per heavy atom. The summed E-state index contributed by atoms with van der Waals surface area (Å²) in [6, 6.07) is 35.3. The summed E-state index contributed by atoms with van der Waals surface area (Å²) in [4.78, 5) is 2.13. The van der Waals surface area contributed by atoms with E-state index in [9.17, 15) is 0 Å². The SMILES string of the molecule is C=C/C(=C\c1c(C)c(=C)n(-c2ccc(-c3ccc(N(C)C(=C)c4ccc(-c5ccc(N)cc5)cc4C=C)cc3C)c(C)c2)c1=C)c1ccc(N)cc1. The summed E-state index contributed by atoms with van der Waals surface area (Å²) in [5.74, 6) is 0. The van der Waals surface area contributed by atoms with Gasteiger partial charge in [-0.05, 0) is 137 Å². The first kappa shape index (κ1) is 35.3. The molecular formula is C48H46N4. The molecule has 258 valence electrons. The van der Waals surface area contributed by atoms with Gasteiger partial charge in [0.1, 0.15) is 0 Å². The van der Waals surface area contributed by atoms with Crippen LogP contribution in [0.25, 0.3) is 64.5 Å². The summed E-state index contributed by atoms with van der Waals surface area (Å²) in [5.41, 5.74) is 29.4. The van der Waals surface area contributed by atoms with E-state index in [1.807, 2.05) is 60.7 Å². The van der Waals surface area contributed by atoms with Crippen molar-refractivity contribution in [1.82, 2.24) is 4.57 Å². The van der Waals surface area contributed by atoms with E-state index in [0.717, 1.165) is 83.7 Å². The summed E-state index contributed by atoms with van der Waals surface area (Å²) < 4.78 is 2.14. The Kier molecular flexibility index (Phi) is 9.76. The molecule has 5 aromatic carbocycles. The first-order valence-electron chi connectivity index (χ1n) is 17.3. The van der Waals surface area contributed by atoms with Gasteiger partial charge in [0.2, 0.25) is 0 Å². The van der Waals surface area contributed by atoms with Crippen molar-refractivity contribution >= 4 is 53.6 Å². The van der Waals surface area contributed by atoms with E-state index in [2.05, 4.69) is 131 Å². The van der Waals surface area contributed by atoms with Crippen molar-refractivity contribution in [2.24, 2.45) is 0 Å². The van der Waals surface area contributed by atoms with Crippen molar-refractivity contribution in [3.8, 4) is 27.9 Å². The Labute approximate surface area is 308 Å². The standard InChI is InChI=1S/C48H46N4/c1-10-36(38-12-17-41(49)18-13-38)29-48-32(5)33(6)52(35(48)8)44-22-25-46(31(4)27-44)45-24-21-43(26-30(45)3)51(9)34(7)47-23-16-40(28-37(47)11-2)39-14-19-42(50)20-15-39/h10-29H,1-2,6-8,49-50H2,3-5,9H3/b36-29+. The number of nitrogens with zero attached hydrogens (tertiary/aromatic N) is 2. The zero-order chi connectivity index (χ0) is 37.3. The molecule has 4 N–H and O–H groups in total. The van der Waals surface area contributed by atoms with Crippen LogP contribution in [-0.4, -0.2) is 11.6 Å². The number of aromatic nitrogens is 1. The van der Waals surface area contributed by atoms with Gasteiger partial charge in [-0.2, -0.15) is 0 Å². The minimum Gasteiger partial charge on any atom is -0.399 e. The van der Waals surface area contributed by atoms with Gasteiger partial charge in [0.25, 0.3) is 0 Å². The third-order valence-electron chi connectivity index (χ3n) is 10.0. The van der Waals surface area contributed by atoms with E-state index in [-0.39, 0.29) is 0 Å². The molecule has 0 amide bonds. The van der Waals surface area contributed by atoms with Crippen LogP contribution >= 0.6 is 0 Å². The Balaban J connectivity index is 1.27. The molecule has 0 saturated heterocycles. The van der Waals surface area contributed by atoms with Crippen molar-refractivity contribution in [2.45, 2.75) is 20.8 Å². The first-order valence-corrected chi connectivity index (χ1v) is 17.3. The maximum Gasteiger partial charge on any atom is 0.0465 e. The van der Waals surface area contributed by atoms with Gasteiger partial charge in [0.05, 0.1) is 0 Å². The van der Waals surface area contributed by atoms with E-state index in [1.54, 1.807) is 0 Å². The number of hydrogen-bond acceptors (Lipinski definition) is 3. The fourth-order valence-corrected chi connectivity index (χ4v) is 6.85. The highest BCUT2D eigenvalue weighted by molar-refractivity contribution is 5.89. The number of anilines is 3. The van der Waals surface area contributed by atoms with Gasteiger partial charge in [-0.15, -0.1) is 0 Å². The Morgan fingerprint density at radius 2 is 1.29 bits per heavy atom. The summed E-state index contributed by atoms with van der Waals surface area (Å²) in [5, 5.41) is 1.79. The van der Waals surface area contributed by atoms with Crippen LogP contribution in [0.4, 0.5) is 17.1 Å². The topological polar surface area (TPSA) is 60.2 Å². The second-order valence-electron chi connectivity index (χ2n) is 13.3. The largest absolute Gasteiger partial charge is 0.399 e. The van der Waals surface area contributed by atoms with Crippen molar-refractivity contribution < 1.29 is 0 Å². The number of nitrogen functional groups attached to an aromatic ring is 2. The minimum atomic E-state index is 0.728. The lowest BCUT2D eigenvalue weighted by molar-refractivity contribution is 0.992. The highest BCUT2D eigenvalue weighted by Gasteiger charge is 2.16. The number of nitrogens with two attached hydrogens (primary N) is 2. The smallest absolute Gasteiger partial charge is 0.0465 e. The minimum absolute atomic E-state index is 0.728. The summed E-state index contributed by atoms with van der Waals surface area (Å²) in [6.07, 6.45) is 5.88. The molecule has 6 rings (SSSR count). The number of allylic oxidation sites excluding steroid dienone is 2. The maximum absolute atomic E-state index is 5.93. The lowest BCUT2D eigenvalue weighted by Gasteiger charge is -2.25. The van der Waals surface area contributed by atoms with Gasteiger partial charge < -0.3 is 20.9 Å². The van der Waals surface area contributed by atoms with E-state index in [1.165, 1.54) is 22.3 Å². The molecule has 0 bridgehead atoms. The molecule has 0 atom stereocenters. The molecule has 1 heterocycles. The Morgan fingerprint density at radius 3 is 1.88 bits per heavy atom. The number of benzene rings is 5. The van der Waals surface area contributed by atoms with E-state index >= 15 is 0 Å². The second-order valence-corrected chi connectivity index (χ2v) is 13.3. The lowest BCUT2D eigenvalue weighted by Crippen LogP contribution is -2.24. The molecule has 0 aliphatic heterocycles. The maximum atomic E-state index is 5.93. The molecule has 0 fully saturated rings. The quantitative estimate of drug-likeness (QED) is 0.112. The molecule has 4 nitrogen and oxygen atoms in total. The molecule has 0 radical (unpaired) electrons. The van der Waals surface area contributed by atoms with E-state index in [0.29, 0.717) is 0 Å².